The molecule has 0 bridgehead atoms. The first kappa shape index (κ1) is 97.1. The molecule has 0 saturated carbocycles. The molecular weight excluding hydrogens is 2140 g/mol. The van der Waals surface area contributed by atoms with E-state index in [1.54, 1.807) is 24.3 Å². The maximum Gasteiger partial charge on any atom is 0.296 e. The molecule has 0 aliphatic carbocycles. The van der Waals surface area contributed by atoms with Crippen LogP contribution in [0.2, 0.25) is 0 Å². The zero-order chi connectivity index (χ0) is 88.9. The van der Waals surface area contributed by atoms with Gasteiger partial charge in [-0.15, -0.1) is 105 Å². The first-order valence-corrected chi connectivity index (χ1v) is 40.7. The summed E-state index contributed by atoms with van der Waals surface area (Å²) in [7, 11) is 0. The number of pyridine rings is 4. The number of carbonyl (C=O) groups excluding carboxylic acids is 3. The van der Waals surface area contributed by atoms with Gasteiger partial charge in [0.15, 0.2) is 28.4 Å². The van der Waals surface area contributed by atoms with Gasteiger partial charge < -0.3 is 20.3 Å². The van der Waals surface area contributed by atoms with Gasteiger partial charge in [0.25, 0.3) is 5.65 Å². The topological polar surface area (TPSA) is 159 Å². The number of benzene rings is 13. The molecule has 19 rings (SSSR count). The molecule has 3 radical (unpaired) electrons. The van der Waals surface area contributed by atoms with E-state index in [2.05, 4.69) is 175 Å². The molecule has 18 aromatic rings. The van der Waals surface area contributed by atoms with Crippen LogP contribution >= 0.6 is 0 Å². The average Bonchev–Trinajstić information content (AvgIpc) is 1.53. The second-order valence-corrected chi connectivity index (χ2v) is 31.0. The Bertz CT molecular complexity index is 7080. The fourth-order valence-corrected chi connectivity index (χ4v) is 15.6. The molecule has 0 fully saturated rings. The van der Waals surface area contributed by atoms with Gasteiger partial charge in [-0.2, -0.15) is 4.40 Å². The van der Waals surface area contributed by atoms with Crippen LogP contribution in [0.5, 0.6) is 0 Å². The molecule has 0 spiro atoms. The number of halogens is 4. The molecule has 0 saturated heterocycles. The molecule has 649 valence electrons. The van der Waals surface area contributed by atoms with Gasteiger partial charge in [0.05, 0.1) is 33.7 Å². The number of nitrogens with zero attached hydrogens (tertiary/aromatic N) is 5. The van der Waals surface area contributed by atoms with E-state index < -0.39 is 0 Å². The van der Waals surface area contributed by atoms with E-state index in [1.165, 1.54) is 169 Å². The minimum absolute atomic E-state index is 0. The van der Waals surface area contributed by atoms with Crippen LogP contribution in [-0.4, -0.2) is 52.0 Å². The number of aromatic nitrogens is 5. The van der Waals surface area contributed by atoms with Crippen molar-refractivity contribution in [3.63, 3.8) is 0 Å². The Morgan fingerprint density at radius 1 is 0.367 bits per heavy atom. The number of para-hydroxylation sites is 2. The van der Waals surface area contributed by atoms with Gasteiger partial charge in [0, 0.05) is 117 Å². The quantitative estimate of drug-likeness (QED) is 0.0303. The maximum atomic E-state index is 13.4. The molecule has 5 aromatic heterocycles. The van der Waals surface area contributed by atoms with E-state index in [-0.39, 0.29) is 118 Å². The first-order chi connectivity index (χ1) is 60.0. The summed E-state index contributed by atoms with van der Waals surface area (Å²) in [5, 5.41) is 33.3. The number of aryl methyl sites for hydroxylation is 6. The third-order valence-electron chi connectivity index (χ3n) is 20.5. The molecule has 18 heteroatoms. The van der Waals surface area contributed by atoms with Crippen LogP contribution in [0.15, 0.2) is 321 Å². The zero-order valence-corrected chi connectivity index (χ0v) is 79.6. The van der Waals surface area contributed by atoms with E-state index in [0.29, 0.717) is 0 Å². The number of allylic oxidation sites excluding steroid dienone is 6. The molecule has 1 aliphatic rings. The number of fused-ring (bicyclic) bond motifs is 9. The minimum Gasteiger partial charge on any atom is -0.512 e. The Kier molecular flexibility index (Phi) is 33.3. The minimum atomic E-state index is -0.234. The summed E-state index contributed by atoms with van der Waals surface area (Å²) in [4.78, 5) is 44.4. The van der Waals surface area contributed by atoms with Crippen molar-refractivity contribution in [2.45, 2.75) is 89.6 Å². The Balaban J connectivity index is 0.000000164. The number of aliphatic hydroxyl groups excluding tert-OH is 3. The van der Waals surface area contributed by atoms with Crippen LogP contribution in [0.3, 0.4) is 0 Å². The van der Waals surface area contributed by atoms with Crippen molar-refractivity contribution in [2.75, 3.05) is 0 Å². The third-order valence-corrected chi connectivity index (χ3v) is 20.5. The van der Waals surface area contributed by atoms with Crippen LogP contribution in [0.4, 0.5) is 17.6 Å². The van der Waals surface area contributed by atoms with Crippen molar-refractivity contribution in [1.82, 2.24) is 19.4 Å². The van der Waals surface area contributed by atoms with Crippen LogP contribution in [0.25, 0.3) is 149 Å². The average molecular weight is 2230 g/mol. The van der Waals surface area contributed by atoms with Crippen molar-refractivity contribution in [3.8, 4) is 78.3 Å². The number of hydrogen-bond acceptors (Lipinski definition) is 9. The zero-order valence-electron chi connectivity index (χ0n) is 72.4. The number of carbonyl (C=O) groups is 3. The molecule has 13 aromatic carbocycles. The van der Waals surface area contributed by atoms with Crippen LogP contribution < -0.4 is 4.57 Å². The monoisotopic (exact) mass is 2230 g/mol. The van der Waals surface area contributed by atoms with Crippen LogP contribution in [0.1, 0.15) is 80.5 Å². The van der Waals surface area contributed by atoms with Gasteiger partial charge in [-0.1, -0.05) is 199 Å². The predicted octanol–water partition coefficient (Wildman–Crippen LogP) is 27.3. The van der Waals surface area contributed by atoms with Crippen molar-refractivity contribution in [1.29, 1.82) is 0 Å². The summed E-state index contributed by atoms with van der Waals surface area (Å²) in [5.74, 6) is -1.09. The molecule has 3 N–H and O–H groups in total. The van der Waals surface area contributed by atoms with Crippen molar-refractivity contribution in [2.24, 2.45) is 0 Å². The molecule has 0 atom stereocenters. The number of ketones is 3. The van der Waals surface area contributed by atoms with Gasteiger partial charge in [0.1, 0.15) is 35.3 Å². The third kappa shape index (κ3) is 23.9. The van der Waals surface area contributed by atoms with E-state index in [1.807, 2.05) is 106 Å². The Hall–Kier alpha value is -13.1. The predicted molar refractivity (Wildman–Crippen MR) is 498 cm³/mol. The number of aliphatic hydroxyl groups is 3. The van der Waals surface area contributed by atoms with Crippen LogP contribution in [0, 0.1) is 83.0 Å². The summed E-state index contributed by atoms with van der Waals surface area (Å²) < 4.78 is 58.0. The Morgan fingerprint density at radius 2 is 0.773 bits per heavy atom. The molecule has 128 heavy (non-hydrogen) atoms. The normalized spacial score (nSPS) is 11.2. The van der Waals surface area contributed by atoms with Crippen molar-refractivity contribution >= 4 is 88.3 Å². The largest absolute Gasteiger partial charge is 0.512 e. The first-order valence-electron chi connectivity index (χ1n) is 40.7. The fraction of sp³-hybridized carbons (Fsp3) is 0.118. The molecule has 1 aliphatic heterocycles. The van der Waals surface area contributed by atoms with Gasteiger partial charge in [-0.25, -0.2) is 22.1 Å². The molecule has 11 nitrogen and oxygen atoms in total. The standard InChI is InChI=1S/C26H16FN2.3C23H17FN.3C5H8O2.3Ir/c27-19-11-8-16(9-12-19)17-10-13-23-24(14-17)29-22-7-2-1-5-20(22)21-6-3-4-18-15-28(23)26(29)25(18)21;1-15-12-16(2)14-18(13-15)22-11-10-21-20(4-3-5-23(21)25-22)17-6-8-19(24)9-7-17;1-15-11-16(2)13-18(12-15)23-14-21(17-7-9-19(24)10-8-17)20-5-3-4-6-22(20)25-23;1-15-11-16(2)13-18(12-15)23-21-6-4-3-5-20(21)22(14-25-23)17-7-9-19(24)10-8-17;3*1-4(6)3-5(2)7;;;/h1-14H,15H2;3-13H,1-2H3;2*3-12,14H,1-2H3;3*3,6H,1-2H3;;;/q+1;3*-1;;;;;;. The summed E-state index contributed by atoms with van der Waals surface area (Å²) in [6.45, 7) is 21.8. The Labute approximate surface area is 782 Å². The number of imidazole rings is 1. The van der Waals surface area contributed by atoms with E-state index in [9.17, 15) is 31.9 Å². The van der Waals surface area contributed by atoms with Gasteiger partial charge in [0.2, 0.25) is 0 Å². The van der Waals surface area contributed by atoms with Gasteiger partial charge >= 0.3 is 0 Å². The second kappa shape index (κ2) is 43.8. The summed E-state index contributed by atoms with van der Waals surface area (Å²) in [5.41, 5.74) is 28.9. The molecule has 6 heterocycles. The summed E-state index contributed by atoms with van der Waals surface area (Å²) in [6.07, 6.45) is 5.37. The summed E-state index contributed by atoms with van der Waals surface area (Å²) in [6, 6.07) is 99.6. The fourth-order valence-electron chi connectivity index (χ4n) is 15.6. The van der Waals surface area contributed by atoms with Gasteiger partial charge in [-0.3, -0.25) is 24.4 Å². The molecule has 0 amide bonds. The van der Waals surface area contributed by atoms with Crippen molar-refractivity contribution < 1.29 is 112 Å². The van der Waals surface area contributed by atoms with E-state index in [0.717, 1.165) is 134 Å². The van der Waals surface area contributed by atoms with E-state index in [4.69, 9.17) is 30.3 Å². The maximum absolute atomic E-state index is 13.4. The van der Waals surface area contributed by atoms with Gasteiger partial charge in [-0.05, 0) is 193 Å². The second-order valence-electron chi connectivity index (χ2n) is 31.0. The Morgan fingerprint density at radius 3 is 1.28 bits per heavy atom. The van der Waals surface area contributed by atoms with E-state index >= 15 is 0 Å². The summed E-state index contributed by atoms with van der Waals surface area (Å²) >= 11 is 0. The van der Waals surface area contributed by atoms with Crippen LogP contribution in [-0.2, 0) is 81.2 Å². The SMILES string of the molecule is CC(=O)C=C(C)O.CC(=O)C=C(C)O.CC(=O)C=C(C)O.Cc1[c-]c(-c2cc(-c3ccc(F)cc3)c3ccccc3n2)cc(C)c1.Cc1[c-]c(-c2ccc3c(-c4ccc(F)cc4)cccc3n2)cc(C)c1.Cc1[c-]c(-c2ncc(-c3ccc(F)cc3)c3ccccc23)cc(C)c1.Fc1ccc(-c2ccc3c(c2)n2c4ccccc4c4cccc5c4c2[n+]3C5)cc1.[Ir].[Ir].[Ir]. The number of hydrogen-bond donors (Lipinski definition) is 3. The number of rotatable bonds is 10. The van der Waals surface area contributed by atoms with Crippen molar-refractivity contribution in [3.05, 3.63) is 401 Å². The smallest absolute Gasteiger partial charge is 0.296 e. The molecular formula is C110H91F4Ir3N5O6-2. The molecule has 0 unspecified atom stereocenters.